The summed E-state index contributed by atoms with van der Waals surface area (Å²) in [5.41, 5.74) is 2.97. The molecule has 0 saturated carbocycles. The summed E-state index contributed by atoms with van der Waals surface area (Å²) in [7, 11) is 3.64. The number of carbonyl (C=O) groups excluding carboxylic acids is 1. The number of rotatable bonds is 2. The minimum Gasteiger partial charge on any atom is -0.331 e. The topological polar surface area (TPSA) is 35.6 Å². The summed E-state index contributed by atoms with van der Waals surface area (Å²) in [5, 5.41) is 3.81. The minimum absolute atomic E-state index is 0.139. The Morgan fingerprint density at radius 3 is 2.62 bits per heavy atom. The number of amides is 2. The molecule has 0 aromatic heterocycles. The summed E-state index contributed by atoms with van der Waals surface area (Å²) in [4.78, 5) is 15.6. The number of hydrogen-bond donors (Lipinski definition) is 1. The number of aryl methyl sites for hydroxylation is 1. The Kier molecular flexibility index (Phi) is 4.15. The fourth-order valence-electron chi connectivity index (χ4n) is 3.54. The Bertz CT molecular complexity index is 507. The molecule has 0 spiro atoms. The second kappa shape index (κ2) is 6.06. The van der Waals surface area contributed by atoms with Crippen molar-refractivity contribution < 1.29 is 4.79 Å². The van der Waals surface area contributed by atoms with Gasteiger partial charge < -0.3 is 15.1 Å². The Hall–Kier alpha value is -1.55. The largest absolute Gasteiger partial charge is 0.331 e. The molecule has 1 N–H and O–H groups in total. The molecule has 4 heteroatoms. The van der Waals surface area contributed by atoms with E-state index < -0.39 is 0 Å². The lowest BCUT2D eigenvalue weighted by Gasteiger charge is -2.35. The van der Waals surface area contributed by atoms with Gasteiger partial charge in [0.05, 0.1) is 0 Å². The summed E-state index contributed by atoms with van der Waals surface area (Å²) in [6.45, 7) is 1.73. The highest BCUT2D eigenvalue weighted by molar-refractivity contribution is 5.73. The zero-order valence-corrected chi connectivity index (χ0v) is 13.0. The van der Waals surface area contributed by atoms with E-state index in [9.17, 15) is 4.79 Å². The van der Waals surface area contributed by atoms with Gasteiger partial charge in [-0.2, -0.15) is 0 Å². The molecule has 1 unspecified atom stereocenters. The predicted octanol–water partition coefficient (Wildman–Crippen LogP) is 2.41. The van der Waals surface area contributed by atoms with E-state index >= 15 is 0 Å². The molecule has 1 aromatic rings. The van der Waals surface area contributed by atoms with E-state index in [4.69, 9.17) is 0 Å². The smallest absolute Gasteiger partial charge is 0.319 e. The second-order valence-electron chi connectivity index (χ2n) is 6.40. The van der Waals surface area contributed by atoms with E-state index in [0.717, 1.165) is 25.9 Å². The van der Waals surface area contributed by atoms with Crippen molar-refractivity contribution >= 4 is 6.03 Å². The lowest BCUT2D eigenvalue weighted by atomic mass is 10.0. The van der Waals surface area contributed by atoms with Gasteiger partial charge in [-0.05, 0) is 36.8 Å². The first kappa shape index (κ1) is 14.4. The zero-order valence-electron chi connectivity index (χ0n) is 13.0. The average molecular weight is 287 g/mol. The number of urea groups is 1. The maximum Gasteiger partial charge on any atom is 0.319 e. The number of carbonyl (C=O) groups is 1. The molecule has 2 amide bonds. The van der Waals surface area contributed by atoms with Gasteiger partial charge >= 0.3 is 6.03 Å². The van der Waals surface area contributed by atoms with Crippen molar-refractivity contribution in [1.82, 2.24) is 15.1 Å². The van der Waals surface area contributed by atoms with Crippen LogP contribution in [0.4, 0.5) is 4.79 Å². The molecule has 114 valence electrons. The van der Waals surface area contributed by atoms with Crippen LogP contribution >= 0.6 is 0 Å². The maximum absolute atomic E-state index is 11.9. The van der Waals surface area contributed by atoms with Crippen molar-refractivity contribution in [3.05, 3.63) is 35.4 Å². The maximum atomic E-state index is 11.9. The molecule has 1 heterocycles. The van der Waals surface area contributed by atoms with Crippen LogP contribution in [0, 0.1) is 0 Å². The third-order valence-corrected chi connectivity index (χ3v) is 4.72. The molecule has 0 bridgehead atoms. The van der Waals surface area contributed by atoms with Gasteiger partial charge in [0.1, 0.15) is 0 Å². The van der Waals surface area contributed by atoms with Crippen molar-refractivity contribution in [2.45, 2.75) is 37.8 Å². The van der Waals surface area contributed by atoms with E-state index in [2.05, 4.69) is 29.6 Å². The second-order valence-corrected chi connectivity index (χ2v) is 6.40. The molecular formula is C17H25N3O. The summed E-state index contributed by atoms with van der Waals surface area (Å²) in [6, 6.07) is 9.94. The Balaban J connectivity index is 1.54. The van der Waals surface area contributed by atoms with Gasteiger partial charge in [0.2, 0.25) is 0 Å². The molecule has 3 rings (SSSR count). The predicted molar refractivity (Wildman–Crippen MR) is 84.3 cm³/mol. The number of likely N-dealkylation sites (tertiary alicyclic amines) is 1. The first-order valence-corrected chi connectivity index (χ1v) is 7.95. The van der Waals surface area contributed by atoms with Crippen LogP contribution in [0.5, 0.6) is 0 Å². The zero-order chi connectivity index (χ0) is 14.8. The van der Waals surface area contributed by atoms with Crippen LogP contribution in [0.2, 0.25) is 0 Å². The minimum atomic E-state index is 0.139. The molecule has 1 atom stereocenters. The number of benzene rings is 1. The van der Waals surface area contributed by atoms with Gasteiger partial charge in [0.25, 0.3) is 0 Å². The lowest BCUT2D eigenvalue weighted by Crippen LogP contribution is -2.48. The first-order valence-electron chi connectivity index (χ1n) is 7.95. The first-order chi connectivity index (χ1) is 10.1. The van der Waals surface area contributed by atoms with Gasteiger partial charge in [-0.3, -0.25) is 0 Å². The van der Waals surface area contributed by atoms with Crippen LogP contribution in [0.15, 0.2) is 24.3 Å². The fourth-order valence-corrected chi connectivity index (χ4v) is 3.54. The fraction of sp³-hybridized carbons (Fsp3) is 0.588. The molecule has 1 aromatic carbocycles. The number of fused-ring (bicyclic) bond motifs is 1. The summed E-state index contributed by atoms with van der Waals surface area (Å²) in [5.74, 6) is 0. The molecule has 1 saturated heterocycles. The standard InChI is InChI=1S/C17H25N3O/c1-19(2)17(21)20-11-9-14(10-12-20)18-16-8-7-13-5-3-4-6-15(13)16/h3-6,14,16,18H,7-12H2,1-2H3. The van der Waals surface area contributed by atoms with Gasteiger partial charge in [-0.25, -0.2) is 4.79 Å². The molecule has 1 aliphatic heterocycles. The van der Waals surface area contributed by atoms with Crippen molar-refractivity contribution in [2.24, 2.45) is 0 Å². The molecule has 1 fully saturated rings. The van der Waals surface area contributed by atoms with E-state index in [1.807, 2.05) is 19.0 Å². The Morgan fingerprint density at radius 2 is 1.90 bits per heavy atom. The lowest BCUT2D eigenvalue weighted by molar-refractivity contribution is 0.150. The summed E-state index contributed by atoms with van der Waals surface area (Å²) >= 11 is 0. The highest BCUT2D eigenvalue weighted by atomic mass is 16.2. The highest BCUT2D eigenvalue weighted by Crippen LogP contribution is 2.31. The Morgan fingerprint density at radius 1 is 1.19 bits per heavy atom. The van der Waals surface area contributed by atoms with Gasteiger partial charge in [0.15, 0.2) is 0 Å². The monoisotopic (exact) mass is 287 g/mol. The van der Waals surface area contributed by atoms with Crippen LogP contribution in [-0.4, -0.2) is 49.1 Å². The number of nitrogens with zero attached hydrogens (tertiary/aromatic N) is 2. The molecule has 4 nitrogen and oxygen atoms in total. The molecule has 0 radical (unpaired) electrons. The molecule has 2 aliphatic rings. The average Bonchev–Trinajstić information content (AvgIpc) is 2.91. The SMILES string of the molecule is CN(C)C(=O)N1CCC(NC2CCc3ccccc32)CC1. The van der Waals surface area contributed by atoms with Crippen molar-refractivity contribution in [2.75, 3.05) is 27.2 Å². The number of hydrogen-bond acceptors (Lipinski definition) is 2. The van der Waals surface area contributed by atoms with Gasteiger partial charge in [-0.1, -0.05) is 24.3 Å². The summed E-state index contributed by atoms with van der Waals surface area (Å²) < 4.78 is 0. The van der Waals surface area contributed by atoms with Crippen LogP contribution in [-0.2, 0) is 6.42 Å². The molecule has 1 aliphatic carbocycles. The van der Waals surface area contributed by atoms with E-state index in [-0.39, 0.29) is 6.03 Å². The number of piperidine rings is 1. The normalized spacial score (nSPS) is 22.2. The van der Waals surface area contributed by atoms with Crippen LogP contribution in [0.25, 0.3) is 0 Å². The van der Waals surface area contributed by atoms with Gasteiger partial charge in [0, 0.05) is 39.3 Å². The van der Waals surface area contributed by atoms with Crippen molar-refractivity contribution in [3.8, 4) is 0 Å². The van der Waals surface area contributed by atoms with Crippen LogP contribution < -0.4 is 5.32 Å². The quantitative estimate of drug-likeness (QED) is 0.906. The Labute approximate surface area is 127 Å². The van der Waals surface area contributed by atoms with Gasteiger partial charge in [-0.15, -0.1) is 0 Å². The summed E-state index contributed by atoms with van der Waals surface area (Å²) in [6.07, 6.45) is 4.50. The van der Waals surface area contributed by atoms with Crippen molar-refractivity contribution in [1.29, 1.82) is 0 Å². The van der Waals surface area contributed by atoms with E-state index in [1.165, 1.54) is 24.0 Å². The third-order valence-electron chi connectivity index (χ3n) is 4.72. The molecular weight excluding hydrogens is 262 g/mol. The van der Waals surface area contributed by atoms with Crippen molar-refractivity contribution in [3.63, 3.8) is 0 Å². The van der Waals surface area contributed by atoms with Crippen LogP contribution in [0.1, 0.15) is 36.4 Å². The van der Waals surface area contributed by atoms with E-state index in [1.54, 1.807) is 4.90 Å². The number of nitrogens with one attached hydrogen (secondary N) is 1. The molecule has 21 heavy (non-hydrogen) atoms. The van der Waals surface area contributed by atoms with Crippen LogP contribution in [0.3, 0.4) is 0 Å². The highest BCUT2D eigenvalue weighted by Gasteiger charge is 2.28. The third kappa shape index (κ3) is 3.05. The van der Waals surface area contributed by atoms with E-state index in [0.29, 0.717) is 12.1 Å².